The molecule has 1 aliphatic heterocycles. The predicted molar refractivity (Wildman–Crippen MR) is 240 cm³/mol. The quantitative estimate of drug-likeness (QED) is 0.0264. The molecule has 1 rings (SSSR count). The fourth-order valence-electron chi connectivity index (χ4n) is 7.52. The molecule has 1 saturated heterocycles. The van der Waals surface area contributed by atoms with Crippen molar-refractivity contribution in [2.24, 2.45) is 0 Å². The van der Waals surface area contributed by atoms with Gasteiger partial charge >= 0.3 is 0 Å². The molecule has 0 bridgehead atoms. The van der Waals surface area contributed by atoms with Crippen LogP contribution in [-0.2, 0) is 14.3 Å². The van der Waals surface area contributed by atoms with Gasteiger partial charge in [0.1, 0.15) is 24.4 Å². The summed E-state index contributed by atoms with van der Waals surface area (Å²) in [7, 11) is 0. The second kappa shape index (κ2) is 39.5. The largest absolute Gasteiger partial charge is 0.394 e. The number of carbonyl (C=O) groups excluding carboxylic acids is 1. The Morgan fingerprint density at radius 3 is 1.45 bits per heavy atom. The van der Waals surface area contributed by atoms with Crippen LogP contribution in [-0.4, -0.2) is 87.5 Å². The molecule has 2 unspecified atom stereocenters. The first kappa shape index (κ1) is 54.4. The van der Waals surface area contributed by atoms with Crippen molar-refractivity contribution in [2.45, 2.75) is 256 Å². The number of rotatable bonds is 40. The molecule has 1 fully saturated rings. The molecule has 0 saturated carbocycles. The molecule has 9 heteroatoms. The van der Waals surface area contributed by atoms with Gasteiger partial charge in [-0.1, -0.05) is 185 Å². The number of aliphatic hydroxyl groups is 5. The number of nitrogens with one attached hydrogen (secondary N) is 1. The Labute approximate surface area is 355 Å². The van der Waals surface area contributed by atoms with E-state index in [4.69, 9.17) is 9.47 Å². The number of carbonyl (C=O) groups is 1. The summed E-state index contributed by atoms with van der Waals surface area (Å²) in [5.74, 6) is -0.188. The van der Waals surface area contributed by atoms with E-state index in [1.54, 1.807) is 6.08 Å². The van der Waals surface area contributed by atoms with Gasteiger partial charge in [-0.15, -0.1) is 0 Å². The normalized spacial score (nSPS) is 21.1. The molecule has 9 nitrogen and oxygen atoms in total. The molecule has 1 amide bonds. The number of aliphatic hydroxyl groups excluding tert-OH is 5. The van der Waals surface area contributed by atoms with Crippen LogP contribution < -0.4 is 5.32 Å². The van der Waals surface area contributed by atoms with Gasteiger partial charge in [-0.2, -0.15) is 0 Å². The molecular weight excluding hydrogens is 731 g/mol. The molecule has 7 atom stereocenters. The molecule has 0 aromatic carbocycles. The monoisotopic (exact) mass is 822 g/mol. The van der Waals surface area contributed by atoms with Crippen LogP contribution in [0.25, 0.3) is 0 Å². The molecule has 0 aromatic heterocycles. The van der Waals surface area contributed by atoms with E-state index in [-0.39, 0.29) is 12.5 Å². The molecule has 0 spiro atoms. The summed E-state index contributed by atoms with van der Waals surface area (Å²) in [6.45, 7) is 3.75. The van der Waals surface area contributed by atoms with E-state index in [1.807, 2.05) is 6.08 Å². The summed E-state index contributed by atoms with van der Waals surface area (Å²) < 4.78 is 11.2. The van der Waals surface area contributed by atoms with Gasteiger partial charge in [-0.05, 0) is 57.8 Å². The van der Waals surface area contributed by atoms with Gasteiger partial charge < -0.3 is 40.3 Å². The molecule has 0 aromatic rings. The minimum absolute atomic E-state index is 0.188. The number of allylic oxidation sites excluding steroid dienone is 5. The van der Waals surface area contributed by atoms with Crippen LogP contribution >= 0.6 is 0 Å². The second-order valence-corrected chi connectivity index (χ2v) is 16.9. The maximum atomic E-state index is 13.0. The van der Waals surface area contributed by atoms with Gasteiger partial charge in [0.25, 0.3) is 0 Å². The van der Waals surface area contributed by atoms with Crippen LogP contribution in [0.3, 0.4) is 0 Å². The van der Waals surface area contributed by atoms with E-state index in [0.717, 1.165) is 38.5 Å². The van der Waals surface area contributed by atoms with Crippen molar-refractivity contribution in [3.63, 3.8) is 0 Å². The van der Waals surface area contributed by atoms with Crippen molar-refractivity contribution in [2.75, 3.05) is 13.2 Å². The van der Waals surface area contributed by atoms with Gasteiger partial charge in [0.15, 0.2) is 6.29 Å². The predicted octanol–water partition coefficient (Wildman–Crippen LogP) is 10.5. The maximum absolute atomic E-state index is 13.0. The Kier molecular flexibility index (Phi) is 37.1. The van der Waals surface area contributed by atoms with E-state index in [1.165, 1.54) is 154 Å². The third-order valence-corrected chi connectivity index (χ3v) is 11.4. The van der Waals surface area contributed by atoms with Crippen molar-refractivity contribution < 1.29 is 39.8 Å². The topological polar surface area (TPSA) is 149 Å². The molecular formula is C49H91NO8. The Morgan fingerprint density at radius 1 is 0.569 bits per heavy atom. The molecule has 1 aliphatic rings. The van der Waals surface area contributed by atoms with Gasteiger partial charge in [0, 0.05) is 6.42 Å². The highest BCUT2D eigenvalue weighted by Gasteiger charge is 2.44. The Morgan fingerprint density at radius 2 is 0.983 bits per heavy atom. The van der Waals surface area contributed by atoms with Gasteiger partial charge in [0.2, 0.25) is 5.91 Å². The van der Waals surface area contributed by atoms with Crippen molar-refractivity contribution in [3.05, 3.63) is 36.5 Å². The summed E-state index contributed by atoms with van der Waals surface area (Å²) in [5, 5.41) is 54.2. The summed E-state index contributed by atoms with van der Waals surface area (Å²) in [6, 6.07) is -0.819. The lowest BCUT2D eigenvalue weighted by atomic mass is 9.99. The van der Waals surface area contributed by atoms with E-state index < -0.39 is 49.5 Å². The highest BCUT2D eigenvalue weighted by atomic mass is 16.7. The van der Waals surface area contributed by atoms with Crippen LogP contribution in [0.5, 0.6) is 0 Å². The average Bonchev–Trinajstić information content (AvgIpc) is 3.22. The molecule has 58 heavy (non-hydrogen) atoms. The van der Waals surface area contributed by atoms with Crippen LogP contribution in [0, 0.1) is 0 Å². The molecule has 1 heterocycles. The molecule has 0 radical (unpaired) electrons. The summed E-state index contributed by atoms with van der Waals surface area (Å²) >= 11 is 0. The Hall–Kier alpha value is -1.59. The number of ether oxygens (including phenoxy) is 2. The van der Waals surface area contributed by atoms with Crippen LogP contribution in [0.4, 0.5) is 0 Å². The van der Waals surface area contributed by atoms with Crippen molar-refractivity contribution in [1.29, 1.82) is 0 Å². The summed E-state index contributed by atoms with van der Waals surface area (Å²) in [5.41, 5.74) is 0. The van der Waals surface area contributed by atoms with E-state index >= 15 is 0 Å². The fourth-order valence-corrected chi connectivity index (χ4v) is 7.52. The zero-order chi connectivity index (χ0) is 42.3. The molecule has 6 N–H and O–H groups in total. The average molecular weight is 822 g/mol. The number of hydrogen-bond acceptors (Lipinski definition) is 8. The van der Waals surface area contributed by atoms with E-state index in [2.05, 4.69) is 43.5 Å². The highest BCUT2D eigenvalue weighted by molar-refractivity contribution is 5.76. The Balaban J connectivity index is 2.32. The number of amides is 1. The van der Waals surface area contributed by atoms with E-state index in [9.17, 15) is 30.3 Å². The highest BCUT2D eigenvalue weighted by Crippen LogP contribution is 2.22. The summed E-state index contributed by atoms with van der Waals surface area (Å²) in [6.07, 6.45) is 41.9. The fraction of sp³-hybridized carbons (Fsp3) is 0.857. The second-order valence-electron chi connectivity index (χ2n) is 16.9. The van der Waals surface area contributed by atoms with Gasteiger partial charge in [0.05, 0.1) is 25.4 Å². The molecule has 0 aliphatic carbocycles. The third kappa shape index (κ3) is 29.6. The minimum Gasteiger partial charge on any atom is -0.394 e. The number of hydrogen-bond donors (Lipinski definition) is 6. The zero-order valence-corrected chi connectivity index (χ0v) is 37.3. The minimum atomic E-state index is -1.57. The first-order valence-corrected chi connectivity index (χ1v) is 24.2. The lowest BCUT2D eigenvalue weighted by molar-refractivity contribution is -0.302. The smallest absolute Gasteiger partial charge is 0.220 e. The third-order valence-electron chi connectivity index (χ3n) is 11.4. The van der Waals surface area contributed by atoms with Crippen LogP contribution in [0.1, 0.15) is 213 Å². The SMILES string of the molecule is CCCCCCCC/C=C/CCCCCCCCCCCCCC(=O)N[C@@H](CO[C@H]1O[C@@H](CO)[C@H](O)C(O)C1O)[C@H](O)/C=C/CC/C=C/CCCCCCCCCC. The standard InChI is InChI=1S/C49H91NO8/c1-3-5-7-9-11-13-15-17-19-20-21-22-23-24-25-27-29-31-33-35-37-39-45(53)50-42(41-57-49-48(56)47(55)46(54)44(40-51)58-49)43(52)38-36-34-32-30-28-26-18-16-14-12-10-8-6-4-2/h17,19,28,30,36,38,42-44,46-49,51-52,54-56H,3-16,18,20-27,29,31-35,37,39-41H2,1-2H3,(H,50,53)/b19-17+,30-28+,38-36+/t42-,43+,44-,46-,47?,48?,49-/m0/s1. The first-order valence-electron chi connectivity index (χ1n) is 24.2. The van der Waals surface area contributed by atoms with Crippen LogP contribution in [0.15, 0.2) is 36.5 Å². The van der Waals surface area contributed by atoms with Gasteiger partial charge in [-0.3, -0.25) is 4.79 Å². The van der Waals surface area contributed by atoms with Gasteiger partial charge in [-0.25, -0.2) is 0 Å². The van der Waals surface area contributed by atoms with Crippen molar-refractivity contribution in [1.82, 2.24) is 5.32 Å². The van der Waals surface area contributed by atoms with Crippen molar-refractivity contribution >= 4 is 5.91 Å². The maximum Gasteiger partial charge on any atom is 0.220 e. The lowest BCUT2D eigenvalue weighted by Crippen LogP contribution is -2.60. The Bertz CT molecular complexity index is 1000. The zero-order valence-electron chi connectivity index (χ0n) is 37.3. The van der Waals surface area contributed by atoms with E-state index in [0.29, 0.717) is 6.42 Å². The van der Waals surface area contributed by atoms with Crippen molar-refractivity contribution in [3.8, 4) is 0 Å². The first-order chi connectivity index (χ1) is 28.3. The van der Waals surface area contributed by atoms with Crippen LogP contribution in [0.2, 0.25) is 0 Å². The molecule has 340 valence electrons. The summed E-state index contributed by atoms with van der Waals surface area (Å²) in [4.78, 5) is 13.0. The lowest BCUT2D eigenvalue weighted by Gasteiger charge is -2.40. The number of unbranched alkanes of at least 4 members (excludes halogenated alkanes) is 26.